The van der Waals surface area contributed by atoms with Crippen LogP contribution >= 0.6 is 39.5 Å². The number of anilines is 1. The number of fused-ring (bicyclic) bond motifs is 1. The Bertz CT molecular complexity index is 1150. The van der Waals surface area contributed by atoms with Crippen molar-refractivity contribution < 1.29 is 22.8 Å². The molecule has 0 unspecified atom stereocenters. The SMILES string of the molecule is O=P(O)(O)CCN(c1cccc2ccccc12)S(=O)(=O)c1cc(Br)cc(Br)c1. The summed E-state index contributed by atoms with van der Waals surface area (Å²) in [6.07, 6.45) is -0.593. The fourth-order valence-electron chi connectivity index (χ4n) is 2.82. The number of sulfonamides is 1. The molecule has 0 aliphatic heterocycles. The highest BCUT2D eigenvalue weighted by Crippen LogP contribution is 2.37. The van der Waals surface area contributed by atoms with Gasteiger partial charge in [-0.25, -0.2) is 8.42 Å². The Morgan fingerprint density at radius 2 is 1.54 bits per heavy atom. The van der Waals surface area contributed by atoms with Crippen molar-refractivity contribution in [2.45, 2.75) is 4.90 Å². The minimum absolute atomic E-state index is 0.00685. The number of rotatable bonds is 6. The molecule has 148 valence electrons. The summed E-state index contributed by atoms with van der Waals surface area (Å²) in [5.74, 6) is 0. The molecule has 0 heterocycles. The zero-order valence-electron chi connectivity index (χ0n) is 14.4. The van der Waals surface area contributed by atoms with Gasteiger partial charge in [-0.15, -0.1) is 0 Å². The van der Waals surface area contributed by atoms with Crippen LogP contribution in [-0.2, 0) is 14.6 Å². The van der Waals surface area contributed by atoms with E-state index in [1.165, 1.54) is 12.1 Å². The first-order chi connectivity index (χ1) is 13.1. The van der Waals surface area contributed by atoms with Crippen molar-refractivity contribution in [1.82, 2.24) is 0 Å². The molecular formula is C18H16Br2NO5PS. The lowest BCUT2D eigenvalue weighted by atomic mass is 10.1. The molecule has 6 nitrogen and oxygen atoms in total. The van der Waals surface area contributed by atoms with Crippen LogP contribution in [0.5, 0.6) is 0 Å². The lowest BCUT2D eigenvalue weighted by molar-refractivity contribution is 0.373. The van der Waals surface area contributed by atoms with Gasteiger partial charge in [0.15, 0.2) is 0 Å². The first kappa shape index (κ1) is 21.5. The number of halogens is 2. The van der Waals surface area contributed by atoms with Gasteiger partial charge in [0.2, 0.25) is 0 Å². The Kier molecular flexibility index (Phi) is 6.34. The van der Waals surface area contributed by atoms with Crippen LogP contribution in [0.3, 0.4) is 0 Å². The molecule has 28 heavy (non-hydrogen) atoms. The van der Waals surface area contributed by atoms with Crippen molar-refractivity contribution in [2.75, 3.05) is 17.0 Å². The largest absolute Gasteiger partial charge is 0.327 e. The van der Waals surface area contributed by atoms with E-state index in [0.29, 0.717) is 20.0 Å². The molecule has 0 saturated heterocycles. The molecule has 3 aromatic carbocycles. The van der Waals surface area contributed by atoms with Crippen LogP contribution in [0.2, 0.25) is 0 Å². The lowest BCUT2D eigenvalue weighted by Gasteiger charge is -2.26. The average molecular weight is 549 g/mol. The summed E-state index contributed by atoms with van der Waals surface area (Å²) in [5.41, 5.74) is 0.364. The predicted octanol–water partition coefficient (Wildman–Crippen LogP) is 4.74. The topological polar surface area (TPSA) is 94.9 Å². The molecule has 3 rings (SSSR count). The van der Waals surface area contributed by atoms with Gasteiger partial charge in [-0.1, -0.05) is 68.3 Å². The second-order valence-electron chi connectivity index (χ2n) is 6.07. The number of hydrogen-bond acceptors (Lipinski definition) is 3. The smallest absolute Gasteiger partial charge is 0.324 e. The van der Waals surface area contributed by atoms with Crippen LogP contribution in [0.15, 0.2) is 74.5 Å². The minimum Gasteiger partial charge on any atom is -0.324 e. The van der Waals surface area contributed by atoms with Gasteiger partial charge in [-0.05, 0) is 29.7 Å². The van der Waals surface area contributed by atoms with Crippen molar-refractivity contribution in [1.29, 1.82) is 0 Å². The Morgan fingerprint density at radius 3 is 2.18 bits per heavy atom. The maximum absolute atomic E-state index is 13.4. The van der Waals surface area contributed by atoms with Crippen LogP contribution in [-0.4, -0.2) is 30.9 Å². The summed E-state index contributed by atoms with van der Waals surface area (Å²) in [6.45, 7) is -0.356. The molecule has 0 saturated carbocycles. The predicted molar refractivity (Wildman–Crippen MR) is 117 cm³/mol. The Balaban J connectivity index is 2.20. The van der Waals surface area contributed by atoms with E-state index in [0.717, 1.165) is 9.69 Å². The van der Waals surface area contributed by atoms with E-state index in [1.807, 2.05) is 18.2 Å². The molecule has 3 aromatic rings. The minimum atomic E-state index is -4.41. The highest BCUT2D eigenvalue weighted by molar-refractivity contribution is 9.11. The molecule has 0 aromatic heterocycles. The van der Waals surface area contributed by atoms with Gasteiger partial charge in [0, 0.05) is 20.9 Å². The number of benzene rings is 3. The molecule has 0 aliphatic carbocycles. The fourth-order valence-corrected chi connectivity index (χ4v) is 6.57. The maximum atomic E-state index is 13.4. The van der Waals surface area contributed by atoms with Crippen molar-refractivity contribution in [3.8, 4) is 0 Å². The van der Waals surface area contributed by atoms with Crippen molar-refractivity contribution in [3.63, 3.8) is 0 Å². The molecule has 2 N–H and O–H groups in total. The Hall–Kier alpha value is -1.22. The summed E-state index contributed by atoms with van der Waals surface area (Å²) in [5, 5.41) is 1.50. The van der Waals surface area contributed by atoms with E-state index in [2.05, 4.69) is 31.9 Å². The van der Waals surface area contributed by atoms with Gasteiger partial charge in [0.05, 0.1) is 16.7 Å². The van der Waals surface area contributed by atoms with Crippen LogP contribution in [0, 0.1) is 0 Å². The average Bonchev–Trinajstić information content (AvgIpc) is 2.60. The van der Waals surface area contributed by atoms with E-state index >= 15 is 0 Å². The Morgan fingerprint density at radius 1 is 0.929 bits per heavy atom. The van der Waals surface area contributed by atoms with E-state index in [4.69, 9.17) is 0 Å². The standard InChI is InChI=1S/C18H16Br2NO5PS/c19-14-10-15(20)12-16(11-14)28(25,26)21(8-9-27(22,23)24)18-7-3-5-13-4-1-2-6-17(13)18/h1-7,10-12H,8-9H2,(H2,22,23,24). The van der Waals surface area contributed by atoms with Gasteiger partial charge < -0.3 is 9.79 Å². The zero-order chi connectivity index (χ0) is 20.5. The van der Waals surface area contributed by atoms with Crippen LogP contribution in [0.25, 0.3) is 10.8 Å². The van der Waals surface area contributed by atoms with Gasteiger partial charge in [0.25, 0.3) is 10.0 Å². The van der Waals surface area contributed by atoms with E-state index in [-0.39, 0.29) is 11.4 Å². The molecule has 0 amide bonds. The normalized spacial score (nSPS) is 12.3. The van der Waals surface area contributed by atoms with Gasteiger partial charge in [-0.2, -0.15) is 0 Å². The van der Waals surface area contributed by atoms with Gasteiger partial charge >= 0.3 is 7.60 Å². The van der Waals surface area contributed by atoms with E-state index in [1.54, 1.807) is 30.3 Å². The van der Waals surface area contributed by atoms with Crippen LogP contribution < -0.4 is 4.31 Å². The first-order valence-corrected chi connectivity index (χ1v) is 12.9. The van der Waals surface area contributed by atoms with Crippen LogP contribution in [0.4, 0.5) is 5.69 Å². The molecular weight excluding hydrogens is 533 g/mol. The third kappa shape index (κ3) is 4.84. The van der Waals surface area contributed by atoms with Gasteiger partial charge in [0.1, 0.15) is 0 Å². The van der Waals surface area contributed by atoms with Crippen molar-refractivity contribution >= 4 is 65.9 Å². The Labute approximate surface area is 179 Å². The van der Waals surface area contributed by atoms with E-state index < -0.39 is 23.8 Å². The van der Waals surface area contributed by atoms with Gasteiger partial charge in [-0.3, -0.25) is 8.87 Å². The fraction of sp³-hybridized carbons (Fsp3) is 0.111. The zero-order valence-corrected chi connectivity index (χ0v) is 19.2. The summed E-state index contributed by atoms with van der Waals surface area (Å²) < 4.78 is 40.5. The number of hydrogen-bond donors (Lipinski definition) is 2. The highest BCUT2D eigenvalue weighted by atomic mass is 79.9. The summed E-state index contributed by atoms with van der Waals surface area (Å²) >= 11 is 6.57. The van der Waals surface area contributed by atoms with E-state index in [9.17, 15) is 22.8 Å². The van der Waals surface area contributed by atoms with Crippen molar-refractivity contribution in [3.05, 3.63) is 69.6 Å². The third-order valence-electron chi connectivity index (χ3n) is 4.05. The summed E-state index contributed by atoms with van der Waals surface area (Å²) in [6, 6.07) is 17.1. The second-order valence-corrected chi connectivity index (χ2v) is 11.5. The molecule has 10 heteroatoms. The molecule has 0 bridgehead atoms. The number of nitrogens with zero attached hydrogens (tertiary/aromatic N) is 1. The molecule has 0 fully saturated rings. The summed E-state index contributed by atoms with van der Waals surface area (Å²) in [4.78, 5) is 18.7. The highest BCUT2D eigenvalue weighted by Gasteiger charge is 2.29. The quantitative estimate of drug-likeness (QED) is 0.434. The lowest BCUT2D eigenvalue weighted by Crippen LogP contribution is -2.33. The third-order valence-corrected chi connectivity index (χ3v) is 7.54. The second kappa shape index (κ2) is 8.26. The molecule has 0 spiro atoms. The maximum Gasteiger partial charge on any atom is 0.327 e. The van der Waals surface area contributed by atoms with Crippen molar-refractivity contribution in [2.24, 2.45) is 0 Å². The molecule has 0 aliphatic rings. The monoisotopic (exact) mass is 547 g/mol. The summed E-state index contributed by atoms with van der Waals surface area (Å²) in [7, 11) is -8.49. The van der Waals surface area contributed by atoms with Crippen LogP contribution in [0.1, 0.15) is 0 Å². The molecule has 0 radical (unpaired) electrons. The molecule has 0 atom stereocenters. The first-order valence-electron chi connectivity index (χ1n) is 8.09.